The number of hydrogen-bond donors (Lipinski definition) is 1. The van der Waals surface area contributed by atoms with Crippen LogP contribution in [-0.4, -0.2) is 18.3 Å². The van der Waals surface area contributed by atoms with Crippen molar-refractivity contribution in [3.05, 3.63) is 23.8 Å². The molecule has 0 aromatic heterocycles. The second-order valence-corrected chi connectivity index (χ2v) is 5.23. The van der Waals surface area contributed by atoms with Crippen molar-refractivity contribution in [1.29, 1.82) is 0 Å². The molecule has 1 rings (SSSR count). The number of nitrogen functional groups attached to an aromatic ring is 1. The van der Waals surface area contributed by atoms with Crippen molar-refractivity contribution in [3.63, 3.8) is 0 Å². The quantitative estimate of drug-likeness (QED) is 0.498. The summed E-state index contributed by atoms with van der Waals surface area (Å²) >= 11 is 1.60. The largest absolute Gasteiger partial charge is 0.469 e. The van der Waals surface area contributed by atoms with Gasteiger partial charge in [-0.25, -0.2) is 0 Å². The molecular formula is C12H17NO2S. The Hall–Kier alpha value is -1.16. The van der Waals surface area contributed by atoms with E-state index >= 15 is 0 Å². The van der Waals surface area contributed by atoms with Gasteiger partial charge in [0.05, 0.1) is 13.5 Å². The van der Waals surface area contributed by atoms with Crippen LogP contribution in [0, 0.1) is 6.92 Å². The minimum Gasteiger partial charge on any atom is -0.469 e. The molecule has 0 aliphatic heterocycles. The van der Waals surface area contributed by atoms with Gasteiger partial charge in [0.15, 0.2) is 0 Å². The number of esters is 1. The van der Waals surface area contributed by atoms with Crippen LogP contribution in [0.4, 0.5) is 5.69 Å². The Morgan fingerprint density at radius 2 is 2.25 bits per heavy atom. The highest BCUT2D eigenvalue weighted by atomic mass is 32.2. The van der Waals surface area contributed by atoms with Crippen LogP contribution in [0.5, 0.6) is 0 Å². The second-order valence-electron chi connectivity index (χ2n) is 3.75. The maximum atomic E-state index is 11.1. The molecule has 3 nitrogen and oxygen atoms in total. The number of benzene rings is 1. The molecule has 0 saturated heterocycles. The lowest BCUT2D eigenvalue weighted by Gasteiger charge is -2.12. The lowest BCUT2D eigenvalue weighted by Crippen LogP contribution is -2.08. The number of nitrogens with two attached hydrogens (primary N) is 1. The molecule has 0 heterocycles. The zero-order valence-corrected chi connectivity index (χ0v) is 10.6. The number of methoxy groups -OCH3 is 1. The summed E-state index contributed by atoms with van der Waals surface area (Å²) in [4.78, 5) is 12.1. The summed E-state index contributed by atoms with van der Waals surface area (Å²) in [5.74, 6) is -0.189. The number of rotatable bonds is 4. The summed E-state index contributed by atoms with van der Waals surface area (Å²) in [5.41, 5.74) is 7.79. The first-order chi connectivity index (χ1) is 7.52. The van der Waals surface area contributed by atoms with E-state index in [1.54, 1.807) is 11.8 Å². The van der Waals surface area contributed by atoms with Gasteiger partial charge in [0.1, 0.15) is 0 Å². The maximum absolute atomic E-state index is 11.1. The zero-order valence-electron chi connectivity index (χ0n) is 9.82. The van der Waals surface area contributed by atoms with Crippen LogP contribution in [0.3, 0.4) is 0 Å². The number of aryl methyl sites for hydroxylation is 1. The predicted octanol–water partition coefficient (Wildman–Crippen LogP) is 2.62. The fraction of sp³-hybridized carbons (Fsp3) is 0.417. The van der Waals surface area contributed by atoms with Gasteiger partial charge in [-0.2, -0.15) is 0 Å². The van der Waals surface area contributed by atoms with Gasteiger partial charge in [-0.05, 0) is 24.6 Å². The Labute approximate surface area is 100 Å². The summed E-state index contributed by atoms with van der Waals surface area (Å²) in [7, 11) is 1.40. The van der Waals surface area contributed by atoms with E-state index in [9.17, 15) is 4.79 Å². The van der Waals surface area contributed by atoms with E-state index in [1.807, 2.05) is 32.0 Å². The van der Waals surface area contributed by atoms with Crippen molar-refractivity contribution in [3.8, 4) is 0 Å². The first-order valence-electron chi connectivity index (χ1n) is 5.12. The Balaban J connectivity index is 2.65. The smallest absolute Gasteiger partial charge is 0.306 e. The van der Waals surface area contributed by atoms with Crippen molar-refractivity contribution in [2.24, 2.45) is 0 Å². The van der Waals surface area contributed by atoms with E-state index in [2.05, 4.69) is 4.74 Å². The van der Waals surface area contributed by atoms with Crippen molar-refractivity contribution in [2.75, 3.05) is 12.8 Å². The molecule has 88 valence electrons. The third-order valence-corrected chi connectivity index (χ3v) is 3.36. The molecule has 1 unspecified atom stereocenters. The Morgan fingerprint density at radius 1 is 1.56 bits per heavy atom. The fourth-order valence-electron chi connectivity index (χ4n) is 1.32. The number of carbonyl (C=O) groups excluding carboxylic acids is 1. The van der Waals surface area contributed by atoms with Gasteiger partial charge in [-0.3, -0.25) is 4.79 Å². The van der Waals surface area contributed by atoms with Gasteiger partial charge in [-0.1, -0.05) is 13.0 Å². The molecule has 1 aromatic rings. The summed E-state index contributed by atoms with van der Waals surface area (Å²) in [6, 6.07) is 5.90. The Bertz CT molecular complexity index is 379. The number of hydrogen-bond acceptors (Lipinski definition) is 4. The van der Waals surface area contributed by atoms with Crippen molar-refractivity contribution in [2.45, 2.75) is 30.4 Å². The molecule has 0 aliphatic rings. The topological polar surface area (TPSA) is 52.3 Å². The predicted molar refractivity (Wildman–Crippen MR) is 67.5 cm³/mol. The highest BCUT2D eigenvalue weighted by Gasteiger charge is 2.12. The molecule has 0 aliphatic carbocycles. The average Bonchev–Trinajstić information content (AvgIpc) is 2.23. The Morgan fingerprint density at radius 3 is 2.88 bits per heavy atom. The fourth-order valence-corrected chi connectivity index (χ4v) is 2.43. The number of carbonyl (C=O) groups is 1. The highest BCUT2D eigenvalue weighted by molar-refractivity contribution is 8.00. The van der Waals surface area contributed by atoms with Crippen molar-refractivity contribution in [1.82, 2.24) is 0 Å². The van der Waals surface area contributed by atoms with E-state index in [0.717, 1.165) is 10.6 Å². The Kier molecular flexibility index (Phi) is 4.68. The standard InChI is InChI=1S/C12H17NO2S/c1-8-4-5-10(13)11(6-8)16-9(2)7-12(14)15-3/h4-6,9H,7,13H2,1-3H3. The van der Waals surface area contributed by atoms with E-state index in [0.29, 0.717) is 6.42 Å². The van der Waals surface area contributed by atoms with Crippen LogP contribution < -0.4 is 5.73 Å². The molecule has 16 heavy (non-hydrogen) atoms. The van der Waals surface area contributed by atoms with Gasteiger partial charge >= 0.3 is 5.97 Å². The number of anilines is 1. The highest BCUT2D eigenvalue weighted by Crippen LogP contribution is 2.30. The normalized spacial score (nSPS) is 12.2. The summed E-state index contributed by atoms with van der Waals surface area (Å²) in [6.45, 7) is 4.01. The molecular weight excluding hydrogens is 222 g/mol. The molecule has 2 N–H and O–H groups in total. The summed E-state index contributed by atoms with van der Waals surface area (Å²) in [6.07, 6.45) is 0.397. The van der Waals surface area contributed by atoms with Crippen LogP contribution in [0.25, 0.3) is 0 Å². The average molecular weight is 239 g/mol. The number of ether oxygens (including phenoxy) is 1. The third kappa shape index (κ3) is 3.77. The van der Waals surface area contributed by atoms with Gasteiger partial charge in [0.2, 0.25) is 0 Å². The van der Waals surface area contributed by atoms with Gasteiger partial charge in [-0.15, -0.1) is 11.8 Å². The van der Waals surface area contributed by atoms with Crippen LogP contribution >= 0.6 is 11.8 Å². The first-order valence-corrected chi connectivity index (χ1v) is 6.00. The van der Waals surface area contributed by atoms with Crippen LogP contribution in [0.1, 0.15) is 18.9 Å². The molecule has 0 spiro atoms. The minimum atomic E-state index is -0.189. The van der Waals surface area contributed by atoms with E-state index in [4.69, 9.17) is 5.73 Å². The minimum absolute atomic E-state index is 0.163. The lowest BCUT2D eigenvalue weighted by atomic mass is 10.2. The van der Waals surface area contributed by atoms with E-state index in [-0.39, 0.29) is 11.2 Å². The monoisotopic (exact) mass is 239 g/mol. The van der Waals surface area contributed by atoms with Crippen molar-refractivity contribution >= 4 is 23.4 Å². The van der Waals surface area contributed by atoms with Crippen LogP contribution in [0.15, 0.2) is 23.1 Å². The van der Waals surface area contributed by atoms with Crippen molar-refractivity contribution < 1.29 is 9.53 Å². The van der Waals surface area contributed by atoms with Gasteiger partial charge in [0, 0.05) is 15.8 Å². The molecule has 0 bridgehead atoms. The van der Waals surface area contributed by atoms with Crippen LogP contribution in [0.2, 0.25) is 0 Å². The summed E-state index contributed by atoms with van der Waals surface area (Å²) < 4.78 is 4.63. The second kappa shape index (κ2) is 5.80. The van der Waals surface area contributed by atoms with Crippen LogP contribution in [-0.2, 0) is 9.53 Å². The van der Waals surface area contributed by atoms with Gasteiger partial charge < -0.3 is 10.5 Å². The molecule has 0 radical (unpaired) electrons. The summed E-state index contributed by atoms with van der Waals surface area (Å²) in [5, 5.41) is 0.163. The molecule has 0 fully saturated rings. The third-order valence-electron chi connectivity index (χ3n) is 2.18. The van der Waals surface area contributed by atoms with E-state index < -0.39 is 0 Å². The molecule has 1 aromatic carbocycles. The number of thioether (sulfide) groups is 1. The molecule has 0 amide bonds. The maximum Gasteiger partial charge on any atom is 0.306 e. The zero-order chi connectivity index (χ0) is 12.1. The molecule has 0 saturated carbocycles. The SMILES string of the molecule is COC(=O)CC(C)Sc1cc(C)ccc1N. The van der Waals surface area contributed by atoms with E-state index in [1.165, 1.54) is 12.7 Å². The molecule has 1 atom stereocenters. The lowest BCUT2D eigenvalue weighted by molar-refractivity contribution is -0.140. The van der Waals surface area contributed by atoms with Gasteiger partial charge in [0.25, 0.3) is 0 Å². The molecule has 4 heteroatoms. The first kappa shape index (κ1) is 12.9.